The molecule has 252 valence electrons. The van der Waals surface area contributed by atoms with Crippen molar-refractivity contribution in [1.29, 1.82) is 0 Å². The first-order valence-electron chi connectivity index (χ1n) is 14.5. The summed E-state index contributed by atoms with van der Waals surface area (Å²) in [6.45, 7) is 0.810. The van der Waals surface area contributed by atoms with E-state index in [1.165, 1.54) is 12.1 Å². The average molecular weight is 680 g/mol. The lowest BCUT2D eigenvalue weighted by Crippen LogP contribution is -2.47. The Labute approximate surface area is 267 Å². The number of azide groups is 1. The molecule has 3 aromatic rings. The summed E-state index contributed by atoms with van der Waals surface area (Å²) in [4.78, 5) is 20.2. The highest BCUT2D eigenvalue weighted by atomic mass is 32.2. The van der Waals surface area contributed by atoms with E-state index in [9.17, 15) is 42.1 Å². The highest BCUT2D eigenvalue weighted by Crippen LogP contribution is 2.33. The summed E-state index contributed by atoms with van der Waals surface area (Å²) in [5, 5.41) is 27.5. The van der Waals surface area contributed by atoms with Gasteiger partial charge in [-0.25, -0.2) is 30.7 Å². The molecular formula is C30H33F4N7O5S. The van der Waals surface area contributed by atoms with Crippen molar-refractivity contribution < 1.29 is 41.0 Å². The van der Waals surface area contributed by atoms with Gasteiger partial charge >= 0.3 is 0 Å². The van der Waals surface area contributed by atoms with Gasteiger partial charge in [-0.3, -0.25) is 9.78 Å². The topological polar surface area (TPSA) is 189 Å². The molecule has 17 heteroatoms. The third-order valence-electron chi connectivity index (χ3n) is 7.38. The molecule has 0 aliphatic heterocycles. The number of aromatic nitrogens is 1. The van der Waals surface area contributed by atoms with Crippen LogP contribution in [0.25, 0.3) is 10.4 Å². The van der Waals surface area contributed by atoms with Gasteiger partial charge in [0, 0.05) is 41.6 Å². The van der Waals surface area contributed by atoms with Gasteiger partial charge in [-0.1, -0.05) is 17.2 Å². The lowest BCUT2D eigenvalue weighted by atomic mass is 9.84. The number of rotatable bonds is 16. The van der Waals surface area contributed by atoms with Crippen molar-refractivity contribution in [1.82, 2.24) is 15.0 Å². The molecular weight excluding hydrogens is 646 g/mol. The molecule has 1 unspecified atom stereocenters. The largest absolute Gasteiger partial charge is 0.365 e. The Hall–Kier alpha value is -4.12. The molecule has 47 heavy (non-hydrogen) atoms. The second-order valence-corrected chi connectivity index (χ2v) is 13.5. The van der Waals surface area contributed by atoms with Gasteiger partial charge < -0.3 is 20.8 Å². The van der Waals surface area contributed by atoms with Crippen LogP contribution >= 0.6 is 0 Å². The van der Waals surface area contributed by atoms with Crippen molar-refractivity contribution >= 4 is 21.6 Å². The Balaban J connectivity index is 1.62. The summed E-state index contributed by atoms with van der Waals surface area (Å²) >= 11 is 0. The highest BCUT2D eigenvalue weighted by molar-refractivity contribution is 7.90. The fraction of sp³-hybridized carbons (Fsp3) is 0.400. The summed E-state index contributed by atoms with van der Waals surface area (Å²) in [6, 6.07) is 4.59. The molecule has 1 heterocycles. The van der Waals surface area contributed by atoms with Crippen molar-refractivity contribution in [3.8, 4) is 0 Å². The third kappa shape index (κ3) is 10.2. The maximum Gasteiger partial charge on any atom is 0.234 e. The van der Waals surface area contributed by atoms with E-state index >= 15 is 4.39 Å². The number of sulfonamides is 1. The van der Waals surface area contributed by atoms with Crippen molar-refractivity contribution in [3.63, 3.8) is 0 Å². The van der Waals surface area contributed by atoms with Crippen molar-refractivity contribution in [2.24, 2.45) is 5.11 Å². The van der Waals surface area contributed by atoms with Crippen LogP contribution in [0.5, 0.6) is 0 Å². The number of pyridine rings is 1. The van der Waals surface area contributed by atoms with Crippen LogP contribution in [0, 0.1) is 23.3 Å². The van der Waals surface area contributed by atoms with Crippen LogP contribution in [0.3, 0.4) is 0 Å². The number of amides is 1. The number of hydrogen-bond acceptors (Lipinski definition) is 8. The summed E-state index contributed by atoms with van der Waals surface area (Å²) in [5.74, 6) is -7.82. The number of carbonyl (C=O) groups is 1. The average Bonchev–Trinajstić information content (AvgIpc) is 3.83. The highest BCUT2D eigenvalue weighted by Gasteiger charge is 2.37. The number of anilines is 1. The summed E-state index contributed by atoms with van der Waals surface area (Å²) < 4.78 is 85.4. The first-order chi connectivity index (χ1) is 22.2. The van der Waals surface area contributed by atoms with E-state index in [1.54, 1.807) is 0 Å². The van der Waals surface area contributed by atoms with Gasteiger partial charge in [0.15, 0.2) is 5.79 Å². The standard InChI is InChI=1S/C30H33F4N7O5S/c1-30(43,44)16-37-13-22(40-47(45,46)23-7-8-23)6-9-24-25(34)14-36-15-26(24)38-29(42)28(39-41-35)27(17-2-4-19(31)5-3-17)18-10-20(32)12-21(33)11-18/h2-5,10-12,14-15,22-23,27-28,37,40,43-44H,6-9,13,16H2,1H3,(H,38,42)/t22-,27-,28?/m0/s1. The molecule has 12 nitrogen and oxygen atoms in total. The van der Waals surface area contributed by atoms with Crippen LogP contribution in [0.15, 0.2) is 60.0 Å². The maximum atomic E-state index is 15.2. The molecule has 1 fully saturated rings. The Bertz CT molecular complexity index is 1710. The first-order valence-corrected chi connectivity index (χ1v) is 16.1. The van der Waals surface area contributed by atoms with Crippen LogP contribution in [0.2, 0.25) is 0 Å². The Morgan fingerprint density at radius 1 is 1.06 bits per heavy atom. The summed E-state index contributed by atoms with van der Waals surface area (Å²) in [5.41, 5.74) is 9.22. The summed E-state index contributed by atoms with van der Waals surface area (Å²) in [6.07, 6.45) is 2.85. The molecule has 3 atom stereocenters. The zero-order valence-corrected chi connectivity index (χ0v) is 25.9. The maximum absolute atomic E-state index is 15.2. The monoisotopic (exact) mass is 679 g/mol. The van der Waals surface area contributed by atoms with Gasteiger partial charge in [-0.15, -0.1) is 0 Å². The number of hydrogen-bond donors (Lipinski definition) is 5. The summed E-state index contributed by atoms with van der Waals surface area (Å²) in [7, 11) is -3.70. The Morgan fingerprint density at radius 3 is 2.32 bits per heavy atom. The lowest BCUT2D eigenvalue weighted by molar-refractivity contribution is -0.140. The molecule has 0 bridgehead atoms. The van der Waals surface area contributed by atoms with E-state index in [4.69, 9.17) is 0 Å². The number of aliphatic hydroxyl groups is 2. The van der Waals surface area contributed by atoms with E-state index in [0.29, 0.717) is 18.9 Å². The lowest BCUT2D eigenvalue weighted by Gasteiger charge is -2.25. The van der Waals surface area contributed by atoms with Gasteiger partial charge in [0.2, 0.25) is 15.9 Å². The quantitative estimate of drug-likeness (QED) is 0.0501. The van der Waals surface area contributed by atoms with Gasteiger partial charge in [0.25, 0.3) is 0 Å². The van der Waals surface area contributed by atoms with Crippen LogP contribution in [-0.4, -0.2) is 65.7 Å². The Morgan fingerprint density at radius 2 is 1.72 bits per heavy atom. The number of nitrogens with zero attached hydrogens (tertiary/aromatic N) is 4. The fourth-order valence-corrected chi connectivity index (χ4v) is 6.66. The van der Waals surface area contributed by atoms with Crippen molar-refractivity contribution in [2.45, 2.75) is 61.6 Å². The SMILES string of the molecule is CC(O)(O)CNC[C@H](CCc1c(F)cncc1NC(=O)C(N=[N+]=[N-])[C@@H](c1ccc(F)cc1)c1cc(F)cc(F)c1)NS(=O)(=O)C1CC1. The van der Waals surface area contributed by atoms with Crippen LogP contribution in [0.1, 0.15) is 48.8 Å². The minimum atomic E-state index is -3.70. The van der Waals surface area contributed by atoms with Gasteiger partial charge in [-0.2, -0.15) is 0 Å². The van der Waals surface area contributed by atoms with E-state index in [2.05, 4.69) is 30.4 Å². The van der Waals surface area contributed by atoms with Crippen molar-refractivity contribution in [3.05, 3.63) is 105 Å². The number of carbonyl (C=O) groups excluding carboxylic acids is 1. The first kappa shape index (κ1) is 35.7. The van der Waals surface area contributed by atoms with Crippen molar-refractivity contribution in [2.75, 3.05) is 18.4 Å². The van der Waals surface area contributed by atoms with Gasteiger partial charge in [0.1, 0.15) is 29.3 Å². The molecule has 1 aliphatic carbocycles. The molecule has 4 rings (SSSR count). The van der Waals surface area contributed by atoms with E-state index in [-0.39, 0.29) is 48.3 Å². The van der Waals surface area contributed by atoms with Crippen LogP contribution in [0.4, 0.5) is 23.2 Å². The van der Waals surface area contributed by atoms with E-state index in [0.717, 1.165) is 43.6 Å². The van der Waals surface area contributed by atoms with Gasteiger partial charge in [0.05, 0.1) is 23.3 Å². The molecule has 1 saturated carbocycles. The Kier molecular flexibility index (Phi) is 11.5. The molecule has 0 radical (unpaired) electrons. The zero-order chi connectivity index (χ0) is 34.4. The molecule has 1 aliphatic rings. The predicted octanol–water partition coefficient (Wildman–Crippen LogP) is 3.76. The third-order valence-corrected chi connectivity index (χ3v) is 9.39. The fourth-order valence-electron chi connectivity index (χ4n) is 5.05. The normalized spacial score (nSPS) is 15.4. The molecule has 1 amide bonds. The molecule has 5 N–H and O–H groups in total. The molecule has 0 spiro atoms. The van der Waals surface area contributed by atoms with Crippen LogP contribution in [-0.2, 0) is 21.2 Å². The van der Waals surface area contributed by atoms with Crippen LogP contribution < -0.4 is 15.4 Å². The molecule has 0 saturated heterocycles. The zero-order valence-electron chi connectivity index (χ0n) is 25.1. The van der Waals surface area contributed by atoms with Gasteiger partial charge in [-0.05, 0) is 73.5 Å². The number of benzene rings is 2. The predicted molar refractivity (Wildman–Crippen MR) is 163 cm³/mol. The molecule has 2 aromatic carbocycles. The number of nitrogens with one attached hydrogen (secondary N) is 3. The smallest absolute Gasteiger partial charge is 0.234 e. The van der Waals surface area contributed by atoms with E-state index < -0.39 is 68.2 Å². The second-order valence-electron chi connectivity index (χ2n) is 11.5. The minimum Gasteiger partial charge on any atom is -0.365 e. The second kappa shape index (κ2) is 15.2. The number of halogens is 4. The minimum absolute atomic E-state index is 0.00310. The molecule has 1 aromatic heterocycles. The van der Waals surface area contributed by atoms with E-state index in [1.807, 2.05) is 0 Å².